The quantitative estimate of drug-likeness (QED) is 0.747. The highest BCUT2D eigenvalue weighted by molar-refractivity contribution is 7.13. The number of methoxy groups -OCH3 is 2. The maximum Gasteiger partial charge on any atom is 0.303 e. The molecular weight excluding hydrogens is 344 g/mol. The van der Waals surface area contributed by atoms with Crippen LogP contribution in [0.1, 0.15) is 30.0 Å². The van der Waals surface area contributed by atoms with Crippen LogP contribution < -0.4 is 14.8 Å². The Bertz CT molecular complexity index is 759. The molecule has 0 aliphatic carbocycles. The molecule has 0 aliphatic heterocycles. The lowest BCUT2D eigenvalue weighted by Gasteiger charge is -2.17. The van der Waals surface area contributed by atoms with Crippen molar-refractivity contribution in [2.45, 2.75) is 25.7 Å². The number of hydrogen-bond donors (Lipinski definition) is 2. The zero-order chi connectivity index (χ0) is 18.4. The number of hydrogen-bond acceptors (Lipinski definition) is 6. The summed E-state index contributed by atoms with van der Waals surface area (Å²) < 4.78 is 10.4. The van der Waals surface area contributed by atoms with Crippen LogP contribution >= 0.6 is 11.3 Å². The van der Waals surface area contributed by atoms with Gasteiger partial charge in [-0.15, -0.1) is 11.3 Å². The minimum atomic E-state index is -0.974. The van der Waals surface area contributed by atoms with Crippen molar-refractivity contribution in [2.24, 2.45) is 0 Å². The summed E-state index contributed by atoms with van der Waals surface area (Å²) >= 11 is 1.33. The SMILES string of the molecule is COc1ccc([C@H](CC(=O)O)CC(=O)Nc2nc(C)cs2)cc1OC. The van der Waals surface area contributed by atoms with Gasteiger partial charge in [0.15, 0.2) is 16.6 Å². The summed E-state index contributed by atoms with van der Waals surface area (Å²) in [6.07, 6.45) is -0.139. The van der Waals surface area contributed by atoms with Crippen molar-refractivity contribution in [2.75, 3.05) is 19.5 Å². The van der Waals surface area contributed by atoms with E-state index < -0.39 is 11.9 Å². The standard InChI is InChI=1S/C17H20N2O5S/c1-10-9-25-17(18-10)19-15(20)7-12(8-16(21)22)11-4-5-13(23-2)14(6-11)24-3/h4-6,9,12H,7-8H2,1-3H3,(H,21,22)(H,18,19,20)/t12-/m0/s1. The number of amides is 1. The number of aromatic nitrogens is 1. The van der Waals surface area contributed by atoms with Gasteiger partial charge in [0.2, 0.25) is 5.91 Å². The Hall–Kier alpha value is -2.61. The summed E-state index contributed by atoms with van der Waals surface area (Å²) in [7, 11) is 3.03. The maximum absolute atomic E-state index is 12.3. The fourth-order valence-electron chi connectivity index (χ4n) is 2.43. The topological polar surface area (TPSA) is 97.8 Å². The van der Waals surface area contributed by atoms with E-state index in [1.54, 1.807) is 18.2 Å². The number of anilines is 1. The minimum Gasteiger partial charge on any atom is -0.493 e. The normalized spacial score (nSPS) is 11.6. The third-order valence-corrected chi connectivity index (χ3v) is 4.47. The third-order valence-electron chi connectivity index (χ3n) is 3.60. The molecule has 0 fully saturated rings. The largest absolute Gasteiger partial charge is 0.493 e. The van der Waals surface area contributed by atoms with Crippen molar-refractivity contribution >= 4 is 28.3 Å². The van der Waals surface area contributed by atoms with Gasteiger partial charge in [-0.2, -0.15) is 0 Å². The molecule has 2 aromatic rings. The average Bonchev–Trinajstić information content (AvgIpc) is 2.97. The van der Waals surface area contributed by atoms with Crippen LogP contribution in [0.5, 0.6) is 11.5 Å². The number of benzene rings is 1. The molecule has 7 nitrogen and oxygen atoms in total. The van der Waals surface area contributed by atoms with Crippen LogP contribution in [0.3, 0.4) is 0 Å². The number of thiazole rings is 1. The Morgan fingerprint density at radius 1 is 1.24 bits per heavy atom. The highest BCUT2D eigenvalue weighted by Gasteiger charge is 2.21. The number of carboxylic acids is 1. The Labute approximate surface area is 149 Å². The molecule has 1 atom stereocenters. The molecule has 1 aromatic heterocycles. The second kappa shape index (κ2) is 8.48. The predicted molar refractivity (Wildman–Crippen MR) is 94.6 cm³/mol. The van der Waals surface area contributed by atoms with E-state index in [-0.39, 0.29) is 18.7 Å². The second-order valence-corrected chi connectivity index (χ2v) is 6.31. The number of carboxylic acid groups (broad SMARTS) is 1. The van der Waals surface area contributed by atoms with E-state index in [0.717, 1.165) is 5.69 Å². The van der Waals surface area contributed by atoms with Crippen molar-refractivity contribution in [3.8, 4) is 11.5 Å². The molecule has 0 saturated heterocycles. The van der Waals surface area contributed by atoms with Crippen molar-refractivity contribution in [3.05, 3.63) is 34.8 Å². The summed E-state index contributed by atoms with van der Waals surface area (Å²) in [5.74, 6) is -0.708. The maximum atomic E-state index is 12.3. The summed E-state index contributed by atoms with van der Waals surface area (Å²) in [5.41, 5.74) is 1.52. The van der Waals surface area contributed by atoms with Gasteiger partial charge in [-0.1, -0.05) is 6.07 Å². The average molecular weight is 364 g/mol. The first kappa shape index (κ1) is 18.7. The van der Waals surface area contributed by atoms with E-state index in [0.29, 0.717) is 22.2 Å². The van der Waals surface area contributed by atoms with Crippen LogP contribution in [0.4, 0.5) is 5.13 Å². The lowest BCUT2D eigenvalue weighted by atomic mass is 9.92. The van der Waals surface area contributed by atoms with E-state index in [2.05, 4.69) is 10.3 Å². The van der Waals surface area contributed by atoms with Gasteiger partial charge in [-0.05, 0) is 24.6 Å². The van der Waals surface area contributed by atoms with E-state index in [9.17, 15) is 14.7 Å². The molecule has 0 spiro atoms. The van der Waals surface area contributed by atoms with Gasteiger partial charge in [-0.25, -0.2) is 4.98 Å². The summed E-state index contributed by atoms with van der Waals surface area (Å²) in [5, 5.41) is 14.2. The summed E-state index contributed by atoms with van der Waals surface area (Å²) in [6, 6.07) is 5.15. The van der Waals surface area contributed by atoms with Gasteiger partial charge >= 0.3 is 5.97 Å². The van der Waals surface area contributed by atoms with Gasteiger partial charge in [0.05, 0.1) is 26.3 Å². The number of carbonyl (C=O) groups excluding carboxylic acids is 1. The zero-order valence-electron chi connectivity index (χ0n) is 14.2. The zero-order valence-corrected chi connectivity index (χ0v) is 15.1. The molecular formula is C17H20N2O5S. The van der Waals surface area contributed by atoms with Crippen LogP contribution in [0, 0.1) is 6.92 Å². The third kappa shape index (κ3) is 5.18. The van der Waals surface area contributed by atoms with Crippen LogP contribution in [-0.2, 0) is 9.59 Å². The number of nitrogens with one attached hydrogen (secondary N) is 1. The molecule has 0 radical (unpaired) electrons. The molecule has 2 N–H and O–H groups in total. The Kier molecular flexibility index (Phi) is 6.35. The number of nitrogens with zero attached hydrogens (tertiary/aromatic N) is 1. The van der Waals surface area contributed by atoms with Gasteiger partial charge in [0, 0.05) is 17.7 Å². The number of ether oxygens (including phenoxy) is 2. The highest BCUT2D eigenvalue weighted by Crippen LogP contribution is 2.33. The molecule has 8 heteroatoms. The number of aryl methyl sites for hydroxylation is 1. The predicted octanol–water partition coefficient (Wildman–Crippen LogP) is 3.06. The van der Waals surface area contributed by atoms with Gasteiger partial charge in [0.25, 0.3) is 0 Å². The molecule has 0 aliphatic rings. The van der Waals surface area contributed by atoms with Crippen LogP contribution in [-0.4, -0.2) is 36.2 Å². The van der Waals surface area contributed by atoms with Gasteiger partial charge in [-0.3, -0.25) is 9.59 Å². The van der Waals surface area contributed by atoms with Crippen LogP contribution in [0.2, 0.25) is 0 Å². The van der Waals surface area contributed by atoms with E-state index in [1.807, 2.05) is 12.3 Å². The molecule has 1 aromatic carbocycles. The van der Waals surface area contributed by atoms with E-state index in [4.69, 9.17) is 9.47 Å². The second-order valence-electron chi connectivity index (χ2n) is 5.46. The van der Waals surface area contributed by atoms with Crippen LogP contribution in [0.25, 0.3) is 0 Å². The monoisotopic (exact) mass is 364 g/mol. The Morgan fingerprint density at radius 3 is 2.52 bits per heavy atom. The molecule has 0 saturated carbocycles. The smallest absolute Gasteiger partial charge is 0.303 e. The Morgan fingerprint density at radius 2 is 1.96 bits per heavy atom. The number of aliphatic carboxylic acids is 1. The van der Waals surface area contributed by atoms with Crippen molar-refractivity contribution in [1.29, 1.82) is 0 Å². The number of rotatable bonds is 8. The minimum absolute atomic E-state index is 0.0282. The molecule has 134 valence electrons. The van der Waals surface area contributed by atoms with Crippen molar-refractivity contribution in [1.82, 2.24) is 4.98 Å². The number of carbonyl (C=O) groups is 2. The Balaban J connectivity index is 2.17. The lowest BCUT2D eigenvalue weighted by Crippen LogP contribution is -2.17. The fourth-order valence-corrected chi connectivity index (χ4v) is 3.14. The molecule has 1 heterocycles. The molecule has 2 rings (SSSR count). The molecule has 0 bridgehead atoms. The molecule has 0 unspecified atom stereocenters. The molecule has 25 heavy (non-hydrogen) atoms. The first-order valence-electron chi connectivity index (χ1n) is 7.58. The lowest BCUT2D eigenvalue weighted by molar-refractivity contribution is -0.137. The first-order valence-corrected chi connectivity index (χ1v) is 8.46. The van der Waals surface area contributed by atoms with Gasteiger partial charge < -0.3 is 19.9 Å². The van der Waals surface area contributed by atoms with E-state index >= 15 is 0 Å². The van der Waals surface area contributed by atoms with E-state index in [1.165, 1.54) is 25.6 Å². The highest BCUT2D eigenvalue weighted by atomic mass is 32.1. The first-order chi connectivity index (χ1) is 11.9. The molecule has 1 amide bonds. The van der Waals surface area contributed by atoms with Crippen molar-refractivity contribution < 1.29 is 24.2 Å². The summed E-state index contributed by atoms with van der Waals surface area (Å²) in [4.78, 5) is 27.7. The van der Waals surface area contributed by atoms with Gasteiger partial charge in [0.1, 0.15) is 0 Å². The fraction of sp³-hybridized carbons (Fsp3) is 0.353. The summed E-state index contributed by atoms with van der Waals surface area (Å²) in [6.45, 7) is 1.84. The van der Waals surface area contributed by atoms with Crippen molar-refractivity contribution in [3.63, 3.8) is 0 Å². The van der Waals surface area contributed by atoms with Crippen LogP contribution in [0.15, 0.2) is 23.6 Å².